The van der Waals surface area contributed by atoms with E-state index in [9.17, 15) is 9.90 Å². The summed E-state index contributed by atoms with van der Waals surface area (Å²) < 4.78 is 11.5. The van der Waals surface area contributed by atoms with Crippen molar-refractivity contribution in [1.82, 2.24) is 5.32 Å². The third-order valence-electron chi connectivity index (χ3n) is 6.17. The lowest BCUT2D eigenvalue weighted by atomic mass is 10.0. The van der Waals surface area contributed by atoms with Crippen LogP contribution in [-0.2, 0) is 9.47 Å². The van der Waals surface area contributed by atoms with Gasteiger partial charge in [-0.25, -0.2) is 4.79 Å². The predicted octanol–water partition coefficient (Wildman–Crippen LogP) is 8.67. The largest absolute Gasteiger partial charge is 0.444 e. The standard InChI is InChI=1S/C29H59NO4/c1-7-9-11-13-15-19-23-26(22-18-12-10-8-2)33-29(6,32)24-20-16-14-17-21-25-30-27(31)34-28(3,4)5/h26,32H,7-25H2,1-6H3,(H,30,31). The summed E-state index contributed by atoms with van der Waals surface area (Å²) in [4.78, 5) is 11.6. The Morgan fingerprint density at radius 1 is 0.735 bits per heavy atom. The van der Waals surface area contributed by atoms with Crippen molar-refractivity contribution in [3.63, 3.8) is 0 Å². The summed E-state index contributed by atoms with van der Waals surface area (Å²) in [5.41, 5.74) is -0.452. The molecule has 0 aromatic carbocycles. The number of aliphatic hydroxyl groups is 1. The number of alkyl carbamates (subject to hydrolysis) is 1. The quantitative estimate of drug-likeness (QED) is 0.119. The van der Waals surface area contributed by atoms with E-state index in [0.29, 0.717) is 13.0 Å². The molecule has 0 aliphatic heterocycles. The van der Waals surface area contributed by atoms with Crippen LogP contribution in [-0.4, -0.2) is 35.2 Å². The molecule has 0 aliphatic rings. The normalized spacial score (nSPS) is 14.6. The zero-order valence-corrected chi connectivity index (χ0v) is 23.7. The zero-order chi connectivity index (χ0) is 25.7. The number of amides is 1. The van der Waals surface area contributed by atoms with Gasteiger partial charge in [-0.15, -0.1) is 0 Å². The van der Waals surface area contributed by atoms with E-state index in [4.69, 9.17) is 9.47 Å². The van der Waals surface area contributed by atoms with Crippen molar-refractivity contribution in [3.8, 4) is 0 Å². The first kappa shape index (κ1) is 33.2. The molecule has 0 saturated heterocycles. The van der Waals surface area contributed by atoms with E-state index < -0.39 is 11.4 Å². The molecule has 204 valence electrons. The van der Waals surface area contributed by atoms with Gasteiger partial charge in [-0.05, 0) is 53.4 Å². The van der Waals surface area contributed by atoms with Gasteiger partial charge < -0.3 is 19.9 Å². The first-order valence-electron chi connectivity index (χ1n) is 14.5. The number of nitrogens with one attached hydrogen (secondary N) is 1. The van der Waals surface area contributed by atoms with Crippen molar-refractivity contribution in [2.45, 2.75) is 175 Å². The van der Waals surface area contributed by atoms with Crippen molar-refractivity contribution in [2.75, 3.05) is 6.54 Å². The number of unbranched alkanes of at least 4 members (excludes halogenated alkanes) is 12. The second kappa shape index (κ2) is 20.4. The predicted molar refractivity (Wildman–Crippen MR) is 144 cm³/mol. The molecular formula is C29H59NO4. The average molecular weight is 486 g/mol. The molecule has 0 rings (SSSR count). The highest BCUT2D eigenvalue weighted by atomic mass is 16.6. The molecule has 0 aliphatic carbocycles. The number of hydrogen-bond acceptors (Lipinski definition) is 4. The molecule has 0 radical (unpaired) electrons. The van der Waals surface area contributed by atoms with E-state index in [2.05, 4.69) is 19.2 Å². The minimum Gasteiger partial charge on any atom is -0.444 e. The van der Waals surface area contributed by atoms with Crippen LogP contribution in [0, 0.1) is 0 Å². The highest BCUT2D eigenvalue weighted by Crippen LogP contribution is 2.24. The average Bonchev–Trinajstić information content (AvgIpc) is 2.73. The monoisotopic (exact) mass is 485 g/mol. The first-order valence-corrected chi connectivity index (χ1v) is 14.5. The molecule has 1 amide bonds. The minimum atomic E-state index is -1.03. The number of ether oxygens (including phenoxy) is 2. The maximum Gasteiger partial charge on any atom is 0.407 e. The third-order valence-corrected chi connectivity index (χ3v) is 6.17. The number of hydrogen-bond donors (Lipinski definition) is 2. The van der Waals surface area contributed by atoms with Gasteiger partial charge in [-0.1, -0.05) is 97.3 Å². The molecule has 2 atom stereocenters. The molecule has 5 nitrogen and oxygen atoms in total. The van der Waals surface area contributed by atoms with Crippen molar-refractivity contribution in [2.24, 2.45) is 0 Å². The molecule has 0 spiro atoms. The van der Waals surface area contributed by atoms with Crippen molar-refractivity contribution in [1.29, 1.82) is 0 Å². The highest BCUT2D eigenvalue weighted by Gasteiger charge is 2.25. The van der Waals surface area contributed by atoms with Crippen molar-refractivity contribution >= 4 is 6.09 Å². The molecule has 0 heterocycles. The number of carbonyl (C=O) groups is 1. The fraction of sp³-hybridized carbons (Fsp3) is 0.966. The maximum atomic E-state index is 11.6. The fourth-order valence-electron chi connectivity index (χ4n) is 4.24. The smallest absolute Gasteiger partial charge is 0.407 e. The summed E-state index contributed by atoms with van der Waals surface area (Å²) in [5.74, 6) is -1.03. The van der Waals surface area contributed by atoms with Gasteiger partial charge in [0, 0.05) is 13.0 Å². The fourth-order valence-corrected chi connectivity index (χ4v) is 4.24. The van der Waals surface area contributed by atoms with Crippen LogP contribution < -0.4 is 5.32 Å². The molecule has 0 bridgehead atoms. The van der Waals surface area contributed by atoms with E-state index >= 15 is 0 Å². The zero-order valence-electron chi connectivity index (χ0n) is 23.7. The summed E-state index contributed by atoms with van der Waals surface area (Å²) in [5, 5.41) is 13.7. The molecule has 0 aromatic rings. The highest BCUT2D eigenvalue weighted by molar-refractivity contribution is 5.67. The Kier molecular flexibility index (Phi) is 19.9. The second-order valence-corrected chi connectivity index (χ2v) is 11.3. The van der Waals surface area contributed by atoms with E-state index in [0.717, 1.165) is 44.9 Å². The van der Waals surface area contributed by atoms with E-state index in [1.165, 1.54) is 64.2 Å². The van der Waals surface area contributed by atoms with Crippen LogP contribution in [0.2, 0.25) is 0 Å². The van der Waals surface area contributed by atoms with Gasteiger partial charge in [0.2, 0.25) is 0 Å². The first-order chi connectivity index (χ1) is 16.1. The van der Waals surface area contributed by atoms with Gasteiger partial charge in [-0.2, -0.15) is 0 Å². The van der Waals surface area contributed by atoms with E-state index in [1.54, 1.807) is 0 Å². The number of rotatable bonds is 22. The minimum absolute atomic E-state index is 0.178. The van der Waals surface area contributed by atoms with E-state index in [-0.39, 0.29) is 12.2 Å². The lowest BCUT2D eigenvalue weighted by Crippen LogP contribution is -2.33. The van der Waals surface area contributed by atoms with Gasteiger partial charge >= 0.3 is 6.09 Å². The lowest BCUT2D eigenvalue weighted by Gasteiger charge is -2.30. The Balaban J connectivity index is 4.08. The Morgan fingerprint density at radius 3 is 1.76 bits per heavy atom. The molecule has 0 aromatic heterocycles. The summed E-state index contributed by atoms with van der Waals surface area (Å²) in [6.45, 7) is 12.6. The lowest BCUT2D eigenvalue weighted by molar-refractivity contribution is -0.225. The Hall–Kier alpha value is -0.810. The maximum absolute atomic E-state index is 11.6. The van der Waals surface area contributed by atoms with Crippen molar-refractivity contribution in [3.05, 3.63) is 0 Å². The van der Waals surface area contributed by atoms with Crippen LogP contribution >= 0.6 is 0 Å². The van der Waals surface area contributed by atoms with Gasteiger partial charge in [-0.3, -0.25) is 0 Å². The van der Waals surface area contributed by atoms with Crippen LogP contribution in [0.3, 0.4) is 0 Å². The Labute approximate surface area is 212 Å². The summed E-state index contributed by atoms with van der Waals surface area (Å²) in [6.07, 6.45) is 20.6. The van der Waals surface area contributed by atoms with E-state index in [1.807, 2.05) is 27.7 Å². The van der Waals surface area contributed by atoms with Gasteiger partial charge in [0.25, 0.3) is 0 Å². The third kappa shape index (κ3) is 23.0. The molecule has 2 N–H and O–H groups in total. The van der Waals surface area contributed by atoms with Crippen molar-refractivity contribution < 1.29 is 19.4 Å². The number of carbonyl (C=O) groups excluding carboxylic acids is 1. The molecule has 2 unspecified atom stereocenters. The molecule has 0 saturated carbocycles. The van der Waals surface area contributed by atoms with Crippen LogP contribution in [0.1, 0.15) is 157 Å². The van der Waals surface area contributed by atoms with Gasteiger partial charge in [0.1, 0.15) is 5.60 Å². The topological polar surface area (TPSA) is 67.8 Å². The summed E-state index contributed by atoms with van der Waals surface area (Å²) in [6, 6.07) is 0. The van der Waals surface area contributed by atoms with Crippen LogP contribution in [0.25, 0.3) is 0 Å². The van der Waals surface area contributed by atoms with Crippen LogP contribution in [0.15, 0.2) is 0 Å². The second-order valence-electron chi connectivity index (χ2n) is 11.3. The molecular weight excluding hydrogens is 426 g/mol. The SMILES string of the molecule is CCCCCCCCC(CCCCCC)OC(C)(O)CCCCCCCNC(=O)OC(C)(C)C. The summed E-state index contributed by atoms with van der Waals surface area (Å²) in [7, 11) is 0. The van der Waals surface area contributed by atoms with Crippen LogP contribution in [0.5, 0.6) is 0 Å². The van der Waals surface area contributed by atoms with Gasteiger partial charge in [0.05, 0.1) is 6.10 Å². The molecule has 34 heavy (non-hydrogen) atoms. The molecule has 5 heteroatoms. The van der Waals surface area contributed by atoms with Gasteiger partial charge in [0.15, 0.2) is 5.79 Å². The molecule has 0 fully saturated rings. The Bertz CT molecular complexity index is 473. The Morgan fingerprint density at radius 2 is 1.21 bits per heavy atom. The van der Waals surface area contributed by atoms with Crippen LogP contribution in [0.4, 0.5) is 4.79 Å². The summed E-state index contributed by atoms with van der Waals surface area (Å²) >= 11 is 0.